The van der Waals surface area contributed by atoms with E-state index in [1.807, 2.05) is 0 Å². The van der Waals surface area contributed by atoms with Crippen LogP contribution in [0.2, 0.25) is 0 Å². The zero-order chi connectivity index (χ0) is 70.1. The fourth-order valence-corrected chi connectivity index (χ4v) is 13.1. The highest BCUT2D eigenvalue weighted by atomic mass is 31.2. The van der Waals surface area contributed by atoms with Crippen molar-refractivity contribution in [3.05, 3.63) is 0 Å². The summed E-state index contributed by atoms with van der Waals surface area (Å²) < 4.78 is 68.5. The van der Waals surface area contributed by atoms with Crippen molar-refractivity contribution in [2.75, 3.05) is 39.6 Å². The molecule has 0 aromatic heterocycles. The van der Waals surface area contributed by atoms with Gasteiger partial charge >= 0.3 is 39.5 Å². The van der Waals surface area contributed by atoms with E-state index in [1.54, 1.807) is 0 Å². The van der Waals surface area contributed by atoms with E-state index in [4.69, 9.17) is 37.0 Å². The highest BCUT2D eigenvalue weighted by Gasteiger charge is 2.30. The number of hydrogen-bond acceptors (Lipinski definition) is 15. The van der Waals surface area contributed by atoms with Crippen LogP contribution in [0.1, 0.15) is 389 Å². The molecule has 3 N–H and O–H groups in total. The van der Waals surface area contributed by atoms with Gasteiger partial charge in [-0.15, -0.1) is 0 Å². The molecule has 564 valence electrons. The van der Waals surface area contributed by atoms with Crippen molar-refractivity contribution < 1.29 is 80.2 Å². The quantitative estimate of drug-likeness (QED) is 0.0222. The van der Waals surface area contributed by atoms with Crippen LogP contribution in [0.15, 0.2) is 0 Å². The molecule has 0 saturated heterocycles. The molecule has 0 radical (unpaired) electrons. The standard InChI is InChI=1S/C76H148O17P2/c1-8-10-11-12-13-14-28-36-43-50-57-73(78)86-64-72(93-76(81)60-53-46-39-32-31-35-42-49-56-69(7)9-2)66-91-95(84,85)89-62-70(77)61-88-94(82,83)90-65-71(63-87-74(79)58-51-44-37-29-24-21-17-19-23-27-34-41-48-55-68(5)6)92-75(80)59-52-45-38-30-25-20-16-15-18-22-26-33-40-47-54-67(3)4/h67-72,77H,8-66H2,1-7H3,(H,82,83)(H,84,85)/t69?,70-,71-,72-/m1/s1. The number of ether oxygens (including phenoxy) is 4. The predicted octanol–water partition coefficient (Wildman–Crippen LogP) is 22.2. The Morgan fingerprint density at radius 2 is 0.537 bits per heavy atom. The summed E-state index contributed by atoms with van der Waals surface area (Å²) in [6.45, 7) is 11.9. The average Bonchev–Trinajstić information content (AvgIpc) is 1.80. The van der Waals surface area contributed by atoms with E-state index in [-0.39, 0.29) is 25.7 Å². The van der Waals surface area contributed by atoms with Gasteiger partial charge in [-0.3, -0.25) is 37.3 Å². The molecule has 0 aliphatic heterocycles. The molecule has 0 spiro atoms. The lowest BCUT2D eigenvalue weighted by atomic mass is 9.99. The lowest BCUT2D eigenvalue weighted by Gasteiger charge is -2.21. The van der Waals surface area contributed by atoms with Crippen LogP contribution in [0.5, 0.6) is 0 Å². The van der Waals surface area contributed by atoms with E-state index in [2.05, 4.69) is 48.5 Å². The van der Waals surface area contributed by atoms with E-state index >= 15 is 0 Å². The van der Waals surface area contributed by atoms with Crippen LogP contribution in [0, 0.1) is 17.8 Å². The topological polar surface area (TPSA) is 237 Å². The third-order valence-corrected chi connectivity index (χ3v) is 19.9. The smallest absolute Gasteiger partial charge is 0.462 e. The van der Waals surface area contributed by atoms with E-state index in [1.165, 1.54) is 199 Å². The Kier molecular flexibility index (Phi) is 65.2. The summed E-state index contributed by atoms with van der Waals surface area (Å²) in [7, 11) is -9.91. The maximum Gasteiger partial charge on any atom is 0.472 e. The molecule has 6 atom stereocenters. The first kappa shape index (κ1) is 93.1. The molecule has 0 rings (SSSR count). The summed E-state index contributed by atoms with van der Waals surface area (Å²) in [6.07, 6.45) is 52.6. The molecule has 0 aliphatic rings. The summed E-state index contributed by atoms with van der Waals surface area (Å²) in [6, 6.07) is 0. The normalized spacial score (nSPS) is 14.4. The highest BCUT2D eigenvalue weighted by molar-refractivity contribution is 7.47. The van der Waals surface area contributed by atoms with Crippen molar-refractivity contribution in [1.82, 2.24) is 0 Å². The molecule has 0 aromatic rings. The van der Waals surface area contributed by atoms with Crippen molar-refractivity contribution in [2.24, 2.45) is 17.8 Å². The number of aliphatic hydroxyl groups is 1. The predicted molar refractivity (Wildman–Crippen MR) is 386 cm³/mol. The minimum atomic E-state index is -4.96. The lowest BCUT2D eigenvalue weighted by molar-refractivity contribution is -0.161. The molecule has 0 heterocycles. The summed E-state index contributed by atoms with van der Waals surface area (Å²) in [5.41, 5.74) is 0. The zero-order valence-corrected chi connectivity index (χ0v) is 63.9. The van der Waals surface area contributed by atoms with Crippen LogP contribution in [0.4, 0.5) is 0 Å². The first-order valence-corrected chi connectivity index (χ1v) is 42.4. The first-order valence-electron chi connectivity index (χ1n) is 39.4. The summed E-state index contributed by atoms with van der Waals surface area (Å²) >= 11 is 0. The number of phosphoric ester groups is 2. The van der Waals surface area contributed by atoms with Gasteiger partial charge in [0.1, 0.15) is 19.3 Å². The Balaban J connectivity index is 5.25. The van der Waals surface area contributed by atoms with Crippen LogP contribution >= 0.6 is 15.6 Å². The fraction of sp³-hybridized carbons (Fsp3) is 0.947. The lowest BCUT2D eigenvalue weighted by Crippen LogP contribution is -2.30. The second kappa shape index (κ2) is 66.6. The number of phosphoric acid groups is 2. The number of aliphatic hydroxyl groups excluding tert-OH is 1. The Labute approximate surface area is 581 Å². The monoisotopic (exact) mass is 1400 g/mol. The molecule has 0 aromatic carbocycles. The number of rotatable bonds is 74. The number of hydrogen-bond donors (Lipinski definition) is 3. The van der Waals surface area contributed by atoms with Gasteiger partial charge in [0.25, 0.3) is 0 Å². The SMILES string of the molecule is CCCCCCCCCCCCC(=O)OC[C@H](COP(=O)(O)OC[C@H](O)COP(=O)(O)OC[C@@H](COC(=O)CCCCCCCCCCCCCCCC(C)C)OC(=O)CCCCCCCCCCCCCCCCC(C)C)OC(=O)CCCCCCCCCCC(C)CC. The van der Waals surface area contributed by atoms with Gasteiger partial charge in [-0.25, -0.2) is 9.13 Å². The van der Waals surface area contributed by atoms with Crippen LogP contribution in [0.3, 0.4) is 0 Å². The molecular weight excluding hydrogens is 1250 g/mol. The first-order chi connectivity index (χ1) is 45.8. The van der Waals surface area contributed by atoms with Gasteiger partial charge < -0.3 is 33.8 Å². The minimum Gasteiger partial charge on any atom is -0.462 e. The van der Waals surface area contributed by atoms with Crippen molar-refractivity contribution in [3.63, 3.8) is 0 Å². The number of unbranched alkanes of at least 4 members (excludes halogenated alkanes) is 41. The van der Waals surface area contributed by atoms with Gasteiger partial charge in [-0.2, -0.15) is 0 Å². The van der Waals surface area contributed by atoms with Crippen LogP contribution in [-0.4, -0.2) is 96.7 Å². The van der Waals surface area contributed by atoms with Gasteiger partial charge in [-0.05, 0) is 43.4 Å². The van der Waals surface area contributed by atoms with E-state index in [9.17, 15) is 43.2 Å². The van der Waals surface area contributed by atoms with Crippen LogP contribution in [-0.2, 0) is 65.4 Å². The van der Waals surface area contributed by atoms with Gasteiger partial charge in [-0.1, -0.05) is 337 Å². The van der Waals surface area contributed by atoms with E-state index in [0.29, 0.717) is 25.7 Å². The Bertz CT molecular complexity index is 1850. The largest absolute Gasteiger partial charge is 0.472 e. The summed E-state index contributed by atoms with van der Waals surface area (Å²) in [5.74, 6) is 0.238. The maximum absolute atomic E-state index is 13.1. The molecule has 0 amide bonds. The minimum absolute atomic E-state index is 0.105. The molecule has 95 heavy (non-hydrogen) atoms. The van der Waals surface area contributed by atoms with Crippen LogP contribution < -0.4 is 0 Å². The van der Waals surface area contributed by atoms with Crippen molar-refractivity contribution >= 4 is 39.5 Å². The second-order valence-electron chi connectivity index (χ2n) is 28.6. The Morgan fingerprint density at radius 3 is 0.800 bits per heavy atom. The Hall–Kier alpha value is -1.94. The van der Waals surface area contributed by atoms with Crippen molar-refractivity contribution in [3.8, 4) is 0 Å². The second-order valence-corrected chi connectivity index (χ2v) is 31.5. The van der Waals surface area contributed by atoms with E-state index in [0.717, 1.165) is 108 Å². The molecule has 19 heteroatoms. The molecule has 0 saturated carbocycles. The molecular formula is C76H148O17P2. The van der Waals surface area contributed by atoms with Crippen molar-refractivity contribution in [2.45, 2.75) is 407 Å². The fourth-order valence-electron chi connectivity index (χ4n) is 11.6. The third kappa shape index (κ3) is 69.0. The number of carbonyl (C=O) groups excluding carboxylic acids is 4. The van der Waals surface area contributed by atoms with Gasteiger partial charge in [0, 0.05) is 25.7 Å². The average molecular weight is 1400 g/mol. The number of esters is 4. The van der Waals surface area contributed by atoms with Crippen molar-refractivity contribution in [1.29, 1.82) is 0 Å². The van der Waals surface area contributed by atoms with Gasteiger partial charge in [0.2, 0.25) is 0 Å². The summed E-state index contributed by atoms with van der Waals surface area (Å²) in [5, 5.41) is 10.6. The molecule has 0 fully saturated rings. The summed E-state index contributed by atoms with van der Waals surface area (Å²) in [4.78, 5) is 72.8. The Morgan fingerprint density at radius 1 is 0.305 bits per heavy atom. The zero-order valence-electron chi connectivity index (χ0n) is 62.1. The maximum atomic E-state index is 13.1. The van der Waals surface area contributed by atoms with Crippen LogP contribution in [0.25, 0.3) is 0 Å². The molecule has 0 bridgehead atoms. The molecule has 17 nitrogen and oxygen atoms in total. The third-order valence-electron chi connectivity index (χ3n) is 18.0. The van der Waals surface area contributed by atoms with Gasteiger partial charge in [0.15, 0.2) is 12.2 Å². The highest BCUT2D eigenvalue weighted by Crippen LogP contribution is 2.45. The number of carbonyl (C=O) groups is 4. The van der Waals surface area contributed by atoms with E-state index < -0.39 is 97.5 Å². The van der Waals surface area contributed by atoms with Gasteiger partial charge in [0.05, 0.1) is 26.4 Å². The molecule has 3 unspecified atom stereocenters. The molecule has 0 aliphatic carbocycles.